The Morgan fingerprint density at radius 1 is 1.10 bits per heavy atom. The smallest absolute Gasteiger partial charge is 0.243 e. The normalized spacial score (nSPS) is 13.0. The molecule has 0 aliphatic rings. The van der Waals surface area contributed by atoms with Crippen molar-refractivity contribution in [2.24, 2.45) is 0 Å². The second kappa shape index (κ2) is 8.75. The van der Waals surface area contributed by atoms with E-state index in [4.69, 9.17) is 4.52 Å². The Balaban J connectivity index is 1.67. The van der Waals surface area contributed by atoms with Crippen molar-refractivity contribution in [2.75, 3.05) is 13.1 Å². The molecule has 1 aromatic heterocycles. The first kappa shape index (κ1) is 21.0. The summed E-state index contributed by atoms with van der Waals surface area (Å²) < 4.78 is 31.8. The summed E-state index contributed by atoms with van der Waals surface area (Å²) in [6, 6.07) is 13.7. The van der Waals surface area contributed by atoms with E-state index < -0.39 is 10.0 Å². The number of sulfonamides is 1. The summed E-state index contributed by atoms with van der Waals surface area (Å²) in [6.45, 7) is 6.32. The van der Waals surface area contributed by atoms with Crippen molar-refractivity contribution < 1.29 is 17.7 Å². The van der Waals surface area contributed by atoms with Crippen LogP contribution in [0.5, 0.6) is 0 Å². The zero-order valence-electron chi connectivity index (χ0n) is 16.8. The van der Waals surface area contributed by atoms with Gasteiger partial charge in [-0.15, -0.1) is 0 Å². The lowest BCUT2D eigenvalue weighted by atomic mass is 10.1. The number of nitrogens with one attached hydrogen (secondary N) is 1. The molecule has 1 heterocycles. The van der Waals surface area contributed by atoms with E-state index in [9.17, 15) is 13.2 Å². The minimum absolute atomic E-state index is 0.107. The monoisotopic (exact) mass is 415 g/mol. The van der Waals surface area contributed by atoms with Gasteiger partial charge in [-0.1, -0.05) is 43.3 Å². The SMILES string of the molecule is CCN(CC)S(=O)(=O)c1ccc([C@@H](C)NC(=O)Cc2noc3ccccc23)cc1. The molecule has 1 atom stereocenters. The number of para-hydroxylation sites is 1. The van der Waals surface area contributed by atoms with Gasteiger partial charge in [-0.05, 0) is 36.8 Å². The molecule has 0 saturated carbocycles. The van der Waals surface area contributed by atoms with Crippen LogP contribution in [-0.4, -0.2) is 36.9 Å². The van der Waals surface area contributed by atoms with E-state index in [1.807, 2.05) is 39.0 Å². The van der Waals surface area contributed by atoms with Gasteiger partial charge in [-0.2, -0.15) is 4.31 Å². The maximum Gasteiger partial charge on any atom is 0.243 e. The third-order valence-electron chi connectivity index (χ3n) is 4.88. The number of carbonyl (C=O) groups is 1. The fourth-order valence-electron chi connectivity index (χ4n) is 3.23. The van der Waals surface area contributed by atoms with E-state index in [1.165, 1.54) is 4.31 Å². The van der Waals surface area contributed by atoms with E-state index in [0.29, 0.717) is 24.4 Å². The van der Waals surface area contributed by atoms with Crippen molar-refractivity contribution in [1.29, 1.82) is 0 Å². The number of nitrogens with zero attached hydrogens (tertiary/aromatic N) is 2. The molecule has 29 heavy (non-hydrogen) atoms. The highest BCUT2D eigenvalue weighted by molar-refractivity contribution is 7.89. The predicted molar refractivity (Wildman–Crippen MR) is 111 cm³/mol. The minimum atomic E-state index is -3.49. The van der Waals surface area contributed by atoms with Crippen LogP contribution >= 0.6 is 0 Å². The highest BCUT2D eigenvalue weighted by Gasteiger charge is 2.22. The Kier molecular flexibility index (Phi) is 6.34. The van der Waals surface area contributed by atoms with Crippen LogP contribution in [0, 0.1) is 0 Å². The molecule has 0 spiro atoms. The molecule has 0 aliphatic carbocycles. The molecule has 3 rings (SSSR count). The molecule has 2 aromatic carbocycles. The molecule has 1 amide bonds. The number of aromatic nitrogens is 1. The molecule has 0 radical (unpaired) electrons. The second-order valence-electron chi connectivity index (χ2n) is 6.75. The maximum atomic E-state index is 12.6. The summed E-state index contributed by atoms with van der Waals surface area (Å²) >= 11 is 0. The van der Waals surface area contributed by atoms with Gasteiger partial charge in [0, 0.05) is 18.5 Å². The Morgan fingerprint density at radius 2 is 1.76 bits per heavy atom. The number of amides is 1. The van der Waals surface area contributed by atoms with E-state index in [1.54, 1.807) is 30.3 Å². The highest BCUT2D eigenvalue weighted by Crippen LogP contribution is 2.21. The van der Waals surface area contributed by atoms with Gasteiger partial charge in [0.05, 0.1) is 17.4 Å². The number of rotatable bonds is 8. The Morgan fingerprint density at radius 3 is 2.41 bits per heavy atom. The van der Waals surface area contributed by atoms with Crippen LogP contribution in [-0.2, 0) is 21.2 Å². The van der Waals surface area contributed by atoms with Crippen molar-refractivity contribution in [3.05, 3.63) is 59.8 Å². The Labute approximate surface area is 170 Å². The Bertz CT molecular complexity index is 1090. The zero-order valence-corrected chi connectivity index (χ0v) is 17.6. The average Bonchev–Trinajstić information content (AvgIpc) is 3.11. The van der Waals surface area contributed by atoms with E-state index in [2.05, 4.69) is 10.5 Å². The molecule has 1 N–H and O–H groups in total. The van der Waals surface area contributed by atoms with Crippen molar-refractivity contribution in [2.45, 2.75) is 38.1 Å². The number of hydrogen-bond acceptors (Lipinski definition) is 5. The van der Waals surface area contributed by atoms with Crippen molar-refractivity contribution in [3.63, 3.8) is 0 Å². The maximum absolute atomic E-state index is 12.6. The van der Waals surface area contributed by atoms with Gasteiger partial charge in [-0.3, -0.25) is 4.79 Å². The largest absolute Gasteiger partial charge is 0.356 e. The second-order valence-corrected chi connectivity index (χ2v) is 8.69. The summed E-state index contributed by atoms with van der Waals surface area (Å²) in [5.74, 6) is -0.184. The third-order valence-corrected chi connectivity index (χ3v) is 6.95. The summed E-state index contributed by atoms with van der Waals surface area (Å²) in [6.07, 6.45) is 0.107. The van der Waals surface area contributed by atoms with Gasteiger partial charge in [-0.25, -0.2) is 8.42 Å². The fraction of sp³-hybridized carbons (Fsp3) is 0.333. The molecule has 0 saturated heterocycles. The number of benzene rings is 2. The summed E-state index contributed by atoms with van der Waals surface area (Å²) in [5, 5.41) is 7.72. The van der Waals surface area contributed by atoms with Crippen molar-refractivity contribution in [3.8, 4) is 0 Å². The summed E-state index contributed by atoms with van der Waals surface area (Å²) in [4.78, 5) is 12.7. The highest BCUT2D eigenvalue weighted by atomic mass is 32.2. The van der Waals surface area contributed by atoms with Crippen LogP contribution in [0.15, 0.2) is 57.9 Å². The topological polar surface area (TPSA) is 92.5 Å². The van der Waals surface area contributed by atoms with Gasteiger partial charge >= 0.3 is 0 Å². The van der Waals surface area contributed by atoms with Gasteiger partial charge < -0.3 is 9.84 Å². The molecule has 0 fully saturated rings. The molecular formula is C21H25N3O4S. The summed E-state index contributed by atoms with van der Waals surface area (Å²) in [5.41, 5.74) is 2.06. The molecule has 154 valence electrons. The quantitative estimate of drug-likeness (QED) is 0.609. The van der Waals surface area contributed by atoms with Crippen molar-refractivity contribution in [1.82, 2.24) is 14.8 Å². The number of carbonyl (C=O) groups excluding carboxylic acids is 1. The van der Waals surface area contributed by atoms with Crippen LogP contribution in [0.1, 0.15) is 38.1 Å². The lowest BCUT2D eigenvalue weighted by Crippen LogP contribution is -2.30. The molecule has 0 bridgehead atoms. The van der Waals surface area contributed by atoms with Crippen LogP contribution in [0.25, 0.3) is 11.0 Å². The number of hydrogen-bond donors (Lipinski definition) is 1. The molecular weight excluding hydrogens is 390 g/mol. The average molecular weight is 416 g/mol. The van der Waals surface area contributed by atoms with Gasteiger partial charge in [0.15, 0.2) is 5.58 Å². The van der Waals surface area contributed by atoms with Gasteiger partial charge in [0.1, 0.15) is 5.69 Å². The van der Waals surface area contributed by atoms with E-state index in [0.717, 1.165) is 10.9 Å². The van der Waals surface area contributed by atoms with E-state index >= 15 is 0 Å². The Hall–Kier alpha value is -2.71. The molecule has 3 aromatic rings. The van der Waals surface area contributed by atoms with Gasteiger partial charge in [0.2, 0.25) is 15.9 Å². The molecule has 7 nitrogen and oxygen atoms in total. The lowest BCUT2D eigenvalue weighted by molar-refractivity contribution is -0.121. The first-order valence-electron chi connectivity index (χ1n) is 9.59. The van der Waals surface area contributed by atoms with Gasteiger partial charge in [0.25, 0.3) is 0 Å². The van der Waals surface area contributed by atoms with Crippen LogP contribution < -0.4 is 5.32 Å². The molecule has 8 heteroatoms. The zero-order chi connectivity index (χ0) is 21.0. The first-order chi connectivity index (χ1) is 13.9. The number of fused-ring (bicyclic) bond motifs is 1. The summed E-state index contributed by atoms with van der Waals surface area (Å²) in [7, 11) is -3.49. The molecule has 0 unspecified atom stereocenters. The first-order valence-corrected chi connectivity index (χ1v) is 11.0. The standard InChI is InChI=1S/C21H25N3O4S/c1-4-24(5-2)29(26,27)17-12-10-16(11-13-17)15(3)22-21(25)14-19-18-8-6-7-9-20(18)28-23-19/h6-13,15H,4-5,14H2,1-3H3,(H,22,25)/t15-/m1/s1. The fourth-order valence-corrected chi connectivity index (χ4v) is 4.69. The third kappa shape index (κ3) is 4.49. The van der Waals surface area contributed by atoms with Crippen molar-refractivity contribution >= 4 is 26.9 Å². The van der Waals surface area contributed by atoms with E-state index in [-0.39, 0.29) is 23.3 Å². The van der Waals surface area contributed by atoms with Crippen LogP contribution in [0.2, 0.25) is 0 Å². The minimum Gasteiger partial charge on any atom is -0.356 e. The lowest BCUT2D eigenvalue weighted by Gasteiger charge is -2.19. The van der Waals surface area contributed by atoms with Crippen LogP contribution in [0.4, 0.5) is 0 Å². The van der Waals surface area contributed by atoms with Crippen LogP contribution in [0.3, 0.4) is 0 Å². The molecule has 0 aliphatic heterocycles. The predicted octanol–water partition coefficient (Wildman–Crippen LogP) is 3.28.